The minimum atomic E-state index is -2.56. The van der Waals surface area contributed by atoms with Gasteiger partial charge in [0, 0.05) is 0 Å². The van der Waals surface area contributed by atoms with Crippen LogP contribution in [0.4, 0.5) is 10.7 Å². The van der Waals surface area contributed by atoms with Gasteiger partial charge in [-0.25, -0.2) is 19.4 Å². The highest BCUT2D eigenvalue weighted by Crippen LogP contribution is 2.54. The summed E-state index contributed by atoms with van der Waals surface area (Å²) >= 11 is 0. The molecule has 0 bridgehead atoms. The number of carbonyl (C=O) groups excluding carboxylic acids is 2. The molecule has 0 saturated heterocycles. The van der Waals surface area contributed by atoms with Gasteiger partial charge in [0.15, 0.2) is 0 Å². The molecule has 0 aliphatic rings. The quantitative estimate of drug-likeness (QED) is 0.141. The number of nitrogens with one attached hydrogen (secondary N) is 2. The van der Waals surface area contributed by atoms with Crippen LogP contribution < -0.4 is 26.3 Å². The topological polar surface area (TPSA) is 85.2 Å². The third-order valence-electron chi connectivity index (χ3n) is 6.61. The van der Waals surface area contributed by atoms with Gasteiger partial charge in [-0.05, 0) is 55.0 Å². The maximum atomic E-state index is 13.6. The van der Waals surface area contributed by atoms with Gasteiger partial charge in [-0.3, -0.25) is 4.79 Å². The Bertz CT molecular complexity index is 1480. The van der Waals surface area contributed by atoms with E-state index < -0.39 is 19.4 Å². The van der Waals surface area contributed by atoms with Crippen LogP contribution in [0.5, 0.6) is 0 Å². The molecule has 202 valence electrons. The number of nitrogens with zero attached hydrogens (tertiary/aromatic N) is 2. The van der Waals surface area contributed by atoms with Crippen molar-refractivity contribution in [3.05, 3.63) is 115 Å². The van der Waals surface area contributed by atoms with E-state index in [1.165, 1.54) is 4.57 Å². The fraction of sp³-hybridized carbons (Fsp3) is 0.156. The molecule has 1 amide bonds. The van der Waals surface area contributed by atoms with E-state index in [2.05, 4.69) is 46.8 Å². The highest BCUT2D eigenvalue weighted by molar-refractivity contribution is 7.96. The van der Waals surface area contributed by atoms with E-state index in [1.54, 1.807) is 0 Å². The van der Waals surface area contributed by atoms with Crippen LogP contribution in [-0.2, 0) is 9.53 Å². The van der Waals surface area contributed by atoms with Crippen LogP contribution in [0.3, 0.4) is 0 Å². The van der Waals surface area contributed by atoms with Gasteiger partial charge in [-0.15, -0.1) is 0 Å². The zero-order chi connectivity index (χ0) is 27.8. The molecule has 0 saturated carbocycles. The summed E-state index contributed by atoms with van der Waals surface area (Å²) < 4.78 is 6.75. The van der Waals surface area contributed by atoms with Crippen molar-refractivity contribution < 1.29 is 14.3 Å². The second kappa shape index (κ2) is 12.6. The third kappa shape index (κ3) is 5.61. The molecule has 40 heavy (non-hydrogen) atoms. The number of aromatic nitrogens is 2. The smallest absolute Gasteiger partial charge is 0.329 e. The number of esters is 1. The number of ether oxygens (including phenoxy) is 1. The molecule has 1 heterocycles. The van der Waals surface area contributed by atoms with Crippen molar-refractivity contribution in [3.63, 3.8) is 0 Å². The summed E-state index contributed by atoms with van der Waals surface area (Å²) in [5.41, 5.74) is 1.30. The lowest BCUT2D eigenvalue weighted by Crippen LogP contribution is -2.38. The molecule has 0 fully saturated rings. The number of anilines is 1. The molecule has 1 aromatic heterocycles. The van der Waals surface area contributed by atoms with Gasteiger partial charge in [0.1, 0.15) is 22.5 Å². The van der Waals surface area contributed by atoms with Crippen molar-refractivity contribution >= 4 is 52.3 Å². The van der Waals surface area contributed by atoms with Crippen molar-refractivity contribution in [1.29, 1.82) is 0 Å². The number of hydrogen-bond acceptors (Lipinski definition) is 5. The lowest BCUT2D eigenvalue weighted by Gasteiger charge is -2.28. The van der Waals surface area contributed by atoms with Gasteiger partial charge in [-0.2, -0.15) is 0 Å². The first-order valence-corrected chi connectivity index (χ1v) is 15.2. The Morgan fingerprint density at radius 2 is 1.30 bits per heavy atom. The molecule has 0 spiro atoms. The summed E-state index contributed by atoms with van der Waals surface area (Å²) in [6.45, 7) is 2.13. The van der Waals surface area contributed by atoms with Crippen molar-refractivity contribution in [2.75, 3.05) is 18.2 Å². The number of imidazole rings is 1. The van der Waals surface area contributed by atoms with Crippen molar-refractivity contribution in [3.8, 4) is 0 Å². The fourth-order valence-corrected chi connectivity index (χ4v) is 8.25. The minimum absolute atomic E-state index is 0.231. The molecule has 0 aliphatic heterocycles. The van der Waals surface area contributed by atoms with E-state index in [0.717, 1.165) is 28.8 Å². The van der Waals surface area contributed by atoms with E-state index in [1.807, 2.05) is 85.8 Å². The molecule has 5 aromatic rings. The molecule has 4 aromatic carbocycles. The van der Waals surface area contributed by atoms with E-state index in [-0.39, 0.29) is 6.54 Å². The number of carbonyl (C=O) groups is 2. The van der Waals surface area contributed by atoms with Crippen LogP contribution in [0.1, 0.15) is 19.8 Å². The Kier molecular flexibility index (Phi) is 8.53. The summed E-state index contributed by atoms with van der Waals surface area (Å²) in [6, 6.07) is 37.8. The number of para-hydroxylation sites is 2. The Balaban J connectivity index is 1.62. The number of hydrogen-bond donors (Lipinski definition) is 2. The summed E-state index contributed by atoms with van der Waals surface area (Å²) in [4.78, 5) is 30.8. The first kappa shape index (κ1) is 27.1. The highest BCUT2D eigenvalue weighted by atomic mass is 31.2. The number of fused-ring (bicyclic) bond motifs is 1. The molecule has 0 aliphatic carbocycles. The molecule has 0 unspecified atom stereocenters. The van der Waals surface area contributed by atoms with Crippen LogP contribution in [0, 0.1) is 0 Å². The van der Waals surface area contributed by atoms with Crippen LogP contribution in [-0.4, -0.2) is 34.7 Å². The summed E-state index contributed by atoms with van der Waals surface area (Å²) in [5, 5.41) is 9.79. The van der Waals surface area contributed by atoms with Gasteiger partial charge in [0.25, 0.3) is 0 Å². The highest BCUT2D eigenvalue weighted by Gasteiger charge is 2.47. The van der Waals surface area contributed by atoms with Crippen molar-refractivity contribution in [2.24, 2.45) is 0 Å². The van der Waals surface area contributed by atoms with Crippen LogP contribution >= 0.6 is 7.41 Å². The number of amides is 1. The van der Waals surface area contributed by atoms with Gasteiger partial charge >= 0.3 is 12.0 Å². The summed E-state index contributed by atoms with van der Waals surface area (Å²) in [6.07, 6.45) is 1.70. The van der Waals surface area contributed by atoms with E-state index in [0.29, 0.717) is 23.6 Å². The summed E-state index contributed by atoms with van der Waals surface area (Å²) in [5.74, 6) is -0.0802. The average Bonchev–Trinajstić information content (AvgIpc) is 3.38. The predicted molar refractivity (Wildman–Crippen MR) is 163 cm³/mol. The standard InChI is InChI=1S/C32H31N4O3P/c1-2-3-23-39-30(37)24-33-32(38)36-29-22-14-13-21-28(29)34-31(36)35-40(25-15-7-4-8-16-25,26-17-9-5-10-18-26)27-19-11-6-12-20-27/h4-22H,2-3,23-24H2,1H3,(H-,33,34,35,38)/p+1. The third-order valence-corrected chi connectivity index (χ3v) is 10.4. The number of benzene rings is 4. The maximum absolute atomic E-state index is 13.6. The molecule has 0 radical (unpaired) electrons. The van der Waals surface area contributed by atoms with Crippen molar-refractivity contribution in [1.82, 2.24) is 14.9 Å². The minimum Gasteiger partial charge on any atom is -0.464 e. The zero-order valence-corrected chi connectivity index (χ0v) is 23.3. The van der Waals surface area contributed by atoms with E-state index >= 15 is 0 Å². The Morgan fingerprint density at radius 3 is 1.85 bits per heavy atom. The largest absolute Gasteiger partial charge is 0.464 e. The van der Waals surface area contributed by atoms with Gasteiger partial charge in [0.2, 0.25) is 13.4 Å². The lowest BCUT2D eigenvalue weighted by molar-refractivity contribution is -0.142. The molecular formula is C32H32N4O3P+. The first-order chi connectivity index (χ1) is 19.6. The number of unbranched alkanes of at least 4 members (excludes halogenated alkanes) is 1. The predicted octanol–water partition coefficient (Wildman–Crippen LogP) is 5.26. The number of rotatable bonds is 10. The molecule has 8 heteroatoms. The van der Waals surface area contributed by atoms with Crippen LogP contribution in [0.15, 0.2) is 115 Å². The second-order valence-electron chi connectivity index (χ2n) is 9.28. The SMILES string of the molecule is CCCCOC(=O)CNC(=O)n1c(N[P+](c2ccccc2)(c2ccccc2)c2ccccc2)nc2ccccc21. The molecule has 7 nitrogen and oxygen atoms in total. The maximum Gasteiger partial charge on any atom is 0.329 e. The monoisotopic (exact) mass is 551 g/mol. The molecule has 2 N–H and O–H groups in total. The van der Waals surface area contributed by atoms with Gasteiger partial charge in [0.05, 0.1) is 17.6 Å². The molecular weight excluding hydrogens is 519 g/mol. The zero-order valence-electron chi connectivity index (χ0n) is 22.4. The van der Waals surface area contributed by atoms with E-state index in [4.69, 9.17) is 9.72 Å². The average molecular weight is 552 g/mol. The normalized spacial score (nSPS) is 11.2. The Hall–Kier alpha value is -4.48. The van der Waals surface area contributed by atoms with Crippen LogP contribution in [0.2, 0.25) is 0 Å². The van der Waals surface area contributed by atoms with Gasteiger partial charge in [-0.1, -0.05) is 80.1 Å². The Morgan fingerprint density at radius 1 is 0.775 bits per heavy atom. The molecule has 0 atom stereocenters. The first-order valence-electron chi connectivity index (χ1n) is 13.4. The lowest BCUT2D eigenvalue weighted by atomic mass is 10.3. The van der Waals surface area contributed by atoms with Crippen LogP contribution in [0.25, 0.3) is 11.0 Å². The summed E-state index contributed by atoms with van der Waals surface area (Å²) in [7, 11) is -2.56. The Labute approximate surface area is 234 Å². The van der Waals surface area contributed by atoms with Crippen molar-refractivity contribution in [2.45, 2.75) is 19.8 Å². The van der Waals surface area contributed by atoms with E-state index in [9.17, 15) is 9.59 Å². The second-order valence-corrected chi connectivity index (χ2v) is 12.4. The molecule has 5 rings (SSSR count). The van der Waals surface area contributed by atoms with Gasteiger partial charge < -0.3 is 10.1 Å². The fourth-order valence-electron chi connectivity index (χ4n) is 4.66.